The quantitative estimate of drug-likeness (QED) is 0.0497. The smallest absolute Gasteiger partial charge is 0.407 e. The third kappa shape index (κ3) is 29.3. The summed E-state index contributed by atoms with van der Waals surface area (Å²) in [6, 6.07) is 64.8. The molecule has 4 saturated heterocycles. The van der Waals surface area contributed by atoms with Crippen molar-refractivity contribution in [2.45, 2.75) is 141 Å². The first-order valence-electron chi connectivity index (χ1n) is 34.6. The Morgan fingerprint density at radius 1 is 0.485 bits per heavy atom. The van der Waals surface area contributed by atoms with Crippen molar-refractivity contribution < 1.29 is 47.9 Å². The minimum atomic E-state index is -0.792. The van der Waals surface area contributed by atoms with Crippen molar-refractivity contribution in [1.29, 1.82) is 0 Å². The number of rotatable bonds is 16. The summed E-state index contributed by atoms with van der Waals surface area (Å²) < 4.78 is 34.9. The number of nitrogens with zero attached hydrogens (tertiary/aromatic N) is 3. The number of likely N-dealkylation sites (tertiary alicyclic amines) is 1. The summed E-state index contributed by atoms with van der Waals surface area (Å²) in [6.07, 6.45) is 14.7. The van der Waals surface area contributed by atoms with Crippen LogP contribution in [0, 0.1) is 3.57 Å². The summed E-state index contributed by atoms with van der Waals surface area (Å²) in [5.41, 5.74) is 8.74. The molecular formula is C80H101IN8O10. The van der Waals surface area contributed by atoms with Crippen molar-refractivity contribution in [3.05, 3.63) is 222 Å². The second kappa shape index (κ2) is 39.7. The standard InChI is InChI=1S/C22H28N2O3.C19H24N2O3.C17H20N2O.C12H9IO.C10H20N2O2/c1-22(2,3)27-21(25)23-17-13-15-24(16-14-17)18-9-11-20(12-10-18)26-19-7-5-4-6-8-19;22-19(23)14-20-15-10-12-21(13-11-15)16-6-8-18(9-7-16)24-17-4-2-1-3-5-17;18-14-10-12-19(13-11-14)15-6-8-17(9-7-15)20-16-4-2-1-3-5-16;13-10-6-8-12(9-7-10)14-11-4-2-1-3-5-11;1-10(2,3)14-9(13)12-8-4-6-11-7-5-8/h4-12,17H,13-16H2,1-3H3,(H,23,25);1-8,15,18,20H,9-14H2,(H,22,23);1-9,14H,10-13,18H2;1-9H;8,11H,4-7H2,1-3H3,(H,12,13). The van der Waals surface area contributed by atoms with E-state index in [-0.39, 0.29) is 36.9 Å². The van der Waals surface area contributed by atoms with Gasteiger partial charge in [-0.1, -0.05) is 78.9 Å². The first-order chi connectivity index (χ1) is 47.7. The molecule has 0 radical (unpaired) electrons. The molecule has 19 heteroatoms. The molecule has 4 fully saturated rings. The number of nitrogens with two attached hydrogens (primary N) is 1. The number of allylic oxidation sites excluding steroid dienone is 1. The highest BCUT2D eigenvalue weighted by Crippen LogP contribution is 2.30. The Labute approximate surface area is 599 Å². The van der Waals surface area contributed by atoms with Crippen LogP contribution in [-0.2, 0) is 14.3 Å². The van der Waals surface area contributed by atoms with E-state index in [0.29, 0.717) is 12.1 Å². The Kier molecular flexibility index (Phi) is 30.5. The van der Waals surface area contributed by atoms with Gasteiger partial charge < -0.3 is 75.2 Å². The van der Waals surface area contributed by atoms with E-state index in [1.807, 2.05) is 211 Å². The molecule has 7 aromatic rings. The Hall–Kier alpha value is -8.76. The maximum atomic E-state index is 11.9. The lowest BCUT2D eigenvalue weighted by molar-refractivity contribution is -0.136. The summed E-state index contributed by atoms with van der Waals surface area (Å²) in [5.74, 6) is 5.24. The van der Waals surface area contributed by atoms with Crippen LogP contribution in [0.4, 0.5) is 21.0 Å². The van der Waals surface area contributed by atoms with E-state index in [9.17, 15) is 14.4 Å². The van der Waals surface area contributed by atoms with Crippen LogP contribution < -0.4 is 55.7 Å². The lowest BCUT2D eigenvalue weighted by Crippen LogP contribution is -2.46. The van der Waals surface area contributed by atoms with Crippen LogP contribution in [0.1, 0.15) is 99.3 Å². The van der Waals surface area contributed by atoms with Gasteiger partial charge in [-0.15, -0.1) is 0 Å². The van der Waals surface area contributed by atoms with Crippen LogP contribution in [-0.4, -0.2) is 129 Å². The topological polar surface area (TPSA) is 211 Å². The Morgan fingerprint density at radius 3 is 1.24 bits per heavy atom. The van der Waals surface area contributed by atoms with Crippen molar-refractivity contribution >= 4 is 52.1 Å². The zero-order valence-electron chi connectivity index (χ0n) is 58.2. The summed E-state index contributed by atoms with van der Waals surface area (Å²) >= 11 is 2.27. The molecule has 7 N–H and O–H groups in total. The number of amides is 2. The molecule has 0 aromatic heterocycles. The van der Waals surface area contributed by atoms with Crippen molar-refractivity contribution in [1.82, 2.24) is 26.2 Å². The number of carboxylic acids is 1. The number of aliphatic carboxylic acids is 1. The van der Waals surface area contributed by atoms with Crippen LogP contribution in [0.15, 0.2) is 218 Å². The van der Waals surface area contributed by atoms with Gasteiger partial charge in [-0.25, -0.2) is 9.59 Å². The fourth-order valence-electron chi connectivity index (χ4n) is 11.3. The van der Waals surface area contributed by atoms with E-state index in [0.717, 1.165) is 150 Å². The predicted octanol–water partition coefficient (Wildman–Crippen LogP) is 16.1. The number of nitrogens with one attached hydrogen (secondary N) is 4. The fourth-order valence-corrected chi connectivity index (χ4v) is 11.7. The number of benzene rings is 7. The van der Waals surface area contributed by atoms with E-state index in [1.54, 1.807) is 0 Å². The van der Waals surface area contributed by atoms with Gasteiger partial charge in [-0.2, -0.15) is 0 Å². The number of alkyl carbamates (subject to hydrolysis) is 2. The highest BCUT2D eigenvalue weighted by molar-refractivity contribution is 14.1. The normalized spacial score (nSPS) is 16.7. The molecule has 0 saturated carbocycles. The molecule has 7 aromatic carbocycles. The lowest BCUT2D eigenvalue weighted by Gasteiger charge is -2.35. The van der Waals surface area contributed by atoms with E-state index < -0.39 is 17.2 Å². The first kappa shape index (κ1) is 76.0. The number of anilines is 2. The third-order valence-electron chi connectivity index (χ3n) is 16.4. The maximum absolute atomic E-state index is 11.9. The fraction of sp³-hybridized carbons (Fsp3) is 0.388. The molecule has 1 atom stereocenters. The molecule has 18 nitrogen and oxygen atoms in total. The van der Waals surface area contributed by atoms with Gasteiger partial charge in [-0.05, 0) is 262 Å². The number of ether oxygens (including phenoxy) is 6. The van der Waals surface area contributed by atoms with Crippen molar-refractivity contribution in [2.75, 3.05) is 68.7 Å². The summed E-state index contributed by atoms with van der Waals surface area (Å²) in [5, 5.41) is 20.9. The molecule has 528 valence electrons. The number of hydrogen-bond donors (Lipinski definition) is 6. The number of para-hydroxylation sites is 4. The molecular weight excluding hydrogens is 1360 g/mol. The summed E-state index contributed by atoms with van der Waals surface area (Å²) in [7, 11) is 0. The number of piperidine rings is 4. The van der Waals surface area contributed by atoms with Gasteiger partial charge in [0, 0.05) is 90.5 Å². The second-order valence-corrected chi connectivity index (χ2v) is 28.1. The van der Waals surface area contributed by atoms with Crippen molar-refractivity contribution in [3.8, 4) is 40.2 Å². The zero-order valence-corrected chi connectivity index (χ0v) is 60.4. The summed E-state index contributed by atoms with van der Waals surface area (Å²) in [4.78, 5) is 41.0. The van der Waals surface area contributed by atoms with Crippen LogP contribution in [0.5, 0.6) is 40.2 Å². The number of carboxylic acid groups (broad SMARTS) is 1. The molecule has 0 spiro atoms. The van der Waals surface area contributed by atoms with E-state index in [2.05, 4.69) is 101 Å². The molecule has 2 amide bonds. The highest BCUT2D eigenvalue weighted by Gasteiger charge is 2.26. The maximum Gasteiger partial charge on any atom is 0.407 e. The average molecular weight is 1460 g/mol. The van der Waals surface area contributed by atoms with E-state index in [4.69, 9.17) is 39.3 Å². The predicted molar refractivity (Wildman–Crippen MR) is 404 cm³/mol. The Bertz CT molecular complexity index is 3510. The number of halogens is 1. The molecule has 1 unspecified atom stereocenters. The zero-order chi connectivity index (χ0) is 70.2. The molecule has 4 aliphatic heterocycles. The van der Waals surface area contributed by atoms with Gasteiger partial charge in [-0.3, -0.25) is 4.79 Å². The molecule has 12 rings (SSSR count). The Morgan fingerprint density at radius 2 is 0.848 bits per heavy atom. The van der Waals surface area contributed by atoms with Gasteiger partial charge in [0.05, 0.1) is 6.54 Å². The van der Waals surface area contributed by atoms with Gasteiger partial charge >= 0.3 is 18.2 Å². The largest absolute Gasteiger partial charge is 0.486 e. The molecule has 1 aliphatic carbocycles. The number of carbonyl (C=O) groups is 3. The van der Waals surface area contributed by atoms with E-state index >= 15 is 0 Å². The monoisotopic (exact) mass is 1460 g/mol. The van der Waals surface area contributed by atoms with Gasteiger partial charge in [0.25, 0.3) is 0 Å². The second-order valence-electron chi connectivity index (χ2n) is 26.8. The van der Waals surface area contributed by atoms with Crippen LogP contribution in [0.2, 0.25) is 0 Å². The number of hydrogen-bond acceptors (Lipinski definition) is 15. The van der Waals surface area contributed by atoms with Crippen LogP contribution in [0.25, 0.3) is 0 Å². The van der Waals surface area contributed by atoms with Gasteiger partial charge in [0.2, 0.25) is 0 Å². The number of carbonyl (C=O) groups excluding carboxylic acids is 2. The molecule has 0 bridgehead atoms. The lowest BCUT2D eigenvalue weighted by atomic mass is 10.0. The Balaban J connectivity index is 0.000000161. The van der Waals surface area contributed by atoms with Crippen molar-refractivity contribution in [2.24, 2.45) is 5.73 Å². The van der Waals surface area contributed by atoms with Crippen molar-refractivity contribution in [3.63, 3.8) is 0 Å². The average Bonchev–Trinajstić information content (AvgIpc) is 1.00. The van der Waals surface area contributed by atoms with E-state index in [1.165, 1.54) is 20.6 Å². The minimum Gasteiger partial charge on any atom is -0.486 e. The van der Waals surface area contributed by atoms with Crippen LogP contribution in [0.3, 0.4) is 0 Å². The minimum absolute atomic E-state index is 0.0474. The van der Waals surface area contributed by atoms with Crippen LogP contribution >= 0.6 is 22.6 Å². The molecule has 4 heterocycles. The molecule has 99 heavy (non-hydrogen) atoms. The summed E-state index contributed by atoms with van der Waals surface area (Å²) in [6.45, 7) is 19.0. The van der Waals surface area contributed by atoms with Gasteiger partial charge in [0.15, 0.2) is 0 Å². The SMILES string of the molecule is CC(C)(C)OC(=O)NC1CCN(c2ccc(Oc3ccccc3)cc2)CC1.CC(C)(C)OC(=O)NC1CCNCC1.Ic1ccc(Oc2ccccc2)cc1.NC1CCN(c2ccc(Oc3ccccc3)cc2)CC1.O=C(O)CNC1CCN(C2=CCC(Oc3ccccc3)C=C2)CC1. The third-order valence-corrected chi connectivity index (χ3v) is 17.2. The first-order valence-corrected chi connectivity index (χ1v) is 35.7. The molecule has 5 aliphatic rings. The highest BCUT2D eigenvalue weighted by atomic mass is 127. The van der Waals surface area contributed by atoms with Gasteiger partial charge in [0.1, 0.15) is 57.6 Å².